The fourth-order valence-corrected chi connectivity index (χ4v) is 3.24. The quantitative estimate of drug-likeness (QED) is 0.638. The largest absolute Gasteiger partial charge is 0.484 e. The molecule has 1 atom stereocenters. The topological polar surface area (TPSA) is 58.6 Å². The Morgan fingerprint density at radius 1 is 1.10 bits per heavy atom. The van der Waals surface area contributed by atoms with E-state index in [9.17, 15) is 9.59 Å². The Balaban J connectivity index is 2.16. The Morgan fingerprint density at radius 2 is 1.69 bits per heavy atom. The van der Waals surface area contributed by atoms with Crippen LogP contribution in [-0.2, 0) is 16.1 Å². The number of carbonyl (C=O) groups is 2. The van der Waals surface area contributed by atoms with Crippen molar-refractivity contribution in [2.45, 2.75) is 47.2 Å². The molecule has 0 aromatic heterocycles. The number of nitrogens with zero attached hydrogens (tertiary/aromatic N) is 1. The molecule has 29 heavy (non-hydrogen) atoms. The van der Waals surface area contributed by atoms with Crippen LogP contribution in [0, 0.1) is 20.8 Å². The molecular weight excluding hydrogens is 432 g/mol. The Kier molecular flexibility index (Phi) is 8.26. The monoisotopic (exact) mass is 460 g/mol. The molecule has 0 unspecified atom stereocenters. The number of aryl methyl sites for hydroxylation is 3. The number of likely N-dealkylation sites (N-methyl/N-ethyl adjacent to an activating group) is 1. The number of rotatable bonds is 8. The van der Waals surface area contributed by atoms with E-state index in [2.05, 4.69) is 21.2 Å². The summed E-state index contributed by atoms with van der Waals surface area (Å²) in [5.74, 6) is 0.225. The standard InChI is InChI=1S/C23H29BrN2O3/c1-6-25-23(28)18(5)26(13-19-9-7-15(2)8-10-19)21(27)14-29-20-11-16(3)22(24)17(4)12-20/h7-12,18H,6,13-14H2,1-5H3,(H,25,28)/t18-/m0/s1. The lowest BCUT2D eigenvalue weighted by atomic mass is 10.1. The Hall–Kier alpha value is -2.34. The molecule has 1 N–H and O–H groups in total. The van der Waals surface area contributed by atoms with Gasteiger partial charge in [0.25, 0.3) is 5.91 Å². The molecule has 0 bridgehead atoms. The van der Waals surface area contributed by atoms with E-state index >= 15 is 0 Å². The molecule has 0 saturated carbocycles. The SMILES string of the molecule is CCNC(=O)[C@H](C)N(Cc1ccc(C)cc1)C(=O)COc1cc(C)c(Br)c(C)c1. The average Bonchev–Trinajstić information content (AvgIpc) is 2.69. The summed E-state index contributed by atoms with van der Waals surface area (Å²) in [7, 11) is 0. The minimum Gasteiger partial charge on any atom is -0.484 e. The predicted octanol–water partition coefficient (Wildman–Crippen LogP) is 4.31. The minimum absolute atomic E-state index is 0.129. The number of halogens is 1. The van der Waals surface area contributed by atoms with Gasteiger partial charge >= 0.3 is 0 Å². The summed E-state index contributed by atoms with van der Waals surface area (Å²) in [6.45, 7) is 10.3. The molecule has 6 heteroatoms. The first-order valence-corrected chi connectivity index (χ1v) is 10.5. The van der Waals surface area contributed by atoms with Crippen molar-refractivity contribution in [3.05, 3.63) is 63.1 Å². The van der Waals surface area contributed by atoms with Crippen LogP contribution in [0.5, 0.6) is 5.75 Å². The average molecular weight is 461 g/mol. The molecule has 0 aliphatic carbocycles. The minimum atomic E-state index is -0.597. The van der Waals surface area contributed by atoms with Gasteiger partial charge in [0.05, 0.1) is 0 Å². The second-order valence-corrected chi connectivity index (χ2v) is 8.03. The number of ether oxygens (including phenoxy) is 1. The molecule has 0 heterocycles. The molecule has 2 amide bonds. The van der Waals surface area contributed by atoms with Gasteiger partial charge in [-0.2, -0.15) is 0 Å². The lowest BCUT2D eigenvalue weighted by Crippen LogP contribution is -2.49. The number of hydrogen-bond donors (Lipinski definition) is 1. The highest BCUT2D eigenvalue weighted by Gasteiger charge is 2.26. The molecule has 156 valence electrons. The lowest BCUT2D eigenvalue weighted by molar-refractivity contribution is -0.142. The van der Waals surface area contributed by atoms with Gasteiger partial charge in [0.1, 0.15) is 11.8 Å². The van der Waals surface area contributed by atoms with Crippen molar-refractivity contribution >= 4 is 27.7 Å². The van der Waals surface area contributed by atoms with E-state index < -0.39 is 6.04 Å². The molecule has 2 aromatic carbocycles. The van der Waals surface area contributed by atoms with Gasteiger partial charge in [-0.15, -0.1) is 0 Å². The molecule has 0 aliphatic rings. The molecule has 0 spiro atoms. The smallest absolute Gasteiger partial charge is 0.261 e. The van der Waals surface area contributed by atoms with E-state index in [0.29, 0.717) is 18.8 Å². The molecule has 0 radical (unpaired) electrons. The highest BCUT2D eigenvalue weighted by molar-refractivity contribution is 9.10. The van der Waals surface area contributed by atoms with Crippen LogP contribution < -0.4 is 10.1 Å². The molecule has 0 aliphatic heterocycles. The highest BCUT2D eigenvalue weighted by Crippen LogP contribution is 2.26. The summed E-state index contributed by atoms with van der Waals surface area (Å²) in [4.78, 5) is 26.9. The van der Waals surface area contributed by atoms with Gasteiger partial charge in [-0.3, -0.25) is 9.59 Å². The molecular formula is C23H29BrN2O3. The molecule has 0 fully saturated rings. The van der Waals surface area contributed by atoms with Crippen LogP contribution in [0.3, 0.4) is 0 Å². The lowest BCUT2D eigenvalue weighted by Gasteiger charge is -2.28. The Labute approximate surface area is 181 Å². The maximum atomic E-state index is 13.0. The zero-order valence-electron chi connectivity index (χ0n) is 17.7. The number of hydrogen-bond acceptors (Lipinski definition) is 3. The number of benzene rings is 2. The summed E-state index contributed by atoms with van der Waals surface area (Å²) in [5, 5.41) is 2.79. The van der Waals surface area contributed by atoms with E-state index in [1.54, 1.807) is 11.8 Å². The van der Waals surface area contributed by atoms with Crippen molar-refractivity contribution in [2.75, 3.05) is 13.2 Å². The van der Waals surface area contributed by atoms with Crippen LogP contribution in [0.2, 0.25) is 0 Å². The fraction of sp³-hybridized carbons (Fsp3) is 0.391. The first-order chi connectivity index (χ1) is 13.7. The van der Waals surface area contributed by atoms with Gasteiger partial charge < -0.3 is 15.0 Å². The summed E-state index contributed by atoms with van der Waals surface area (Å²) < 4.78 is 6.80. The van der Waals surface area contributed by atoms with Crippen molar-refractivity contribution in [2.24, 2.45) is 0 Å². The normalized spacial score (nSPS) is 11.7. The summed E-state index contributed by atoms with van der Waals surface area (Å²) in [6.07, 6.45) is 0. The van der Waals surface area contributed by atoms with Crippen molar-refractivity contribution in [1.29, 1.82) is 0 Å². The Bertz CT molecular complexity index is 842. The van der Waals surface area contributed by atoms with Crippen molar-refractivity contribution < 1.29 is 14.3 Å². The van der Waals surface area contributed by atoms with Crippen LogP contribution in [0.15, 0.2) is 40.9 Å². The zero-order chi connectivity index (χ0) is 21.6. The van der Waals surface area contributed by atoms with E-state index in [1.165, 1.54) is 0 Å². The van der Waals surface area contributed by atoms with E-state index in [4.69, 9.17) is 4.74 Å². The number of carbonyl (C=O) groups excluding carboxylic acids is 2. The van der Waals surface area contributed by atoms with E-state index in [-0.39, 0.29) is 18.4 Å². The van der Waals surface area contributed by atoms with Gasteiger partial charge in [0.15, 0.2) is 6.61 Å². The summed E-state index contributed by atoms with van der Waals surface area (Å²) in [5.41, 5.74) is 4.20. The molecule has 2 aromatic rings. The third-order valence-electron chi connectivity index (χ3n) is 4.76. The summed E-state index contributed by atoms with van der Waals surface area (Å²) in [6, 6.07) is 11.1. The number of nitrogens with one attached hydrogen (secondary N) is 1. The molecule has 5 nitrogen and oxygen atoms in total. The third-order valence-corrected chi connectivity index (χ3v) is 6.01. The maximum absolute atomic E-state index is 13.0. The second kappa shape index (κ2) is 10.4. The van der Waals surface area contributed by atoms with Gasteiger partial charge in [0.2, 0.25) is 5.91 Å². The van der Waals surface area contributed by atoms with Gasteiger partial charge in [0, 0.05) is 17.6 Å². The highest BCUT2D eigenvalue weighted by atomic mass is 79.9. The third kappa shape index (κ3) is 6.32. The fourth-order valence-electron chi connectivity index (χ4n) is 3.01. The first kappa shape index (κ1) is 22.9. The zero-order valence-corrected chi connectivity index (χ0v) is 19.3. The van der Waals surface area contributed by atoms with Crippen molar-refractivity contribution in [3.8, 4) is 5.75 Å². The second-order valence-electron chi connectivity index (χ2n) is 7.24. The van der Waals surface area contributed by atoms with Crippen LogP contribution in [0.25, 0.3) is 0 Å². The summed E-state index contributed by atoms with van der Waals surface area (Å²) >= 11 is 3.53. The maximum Gasteiger partial charge on any atom is 0.261 e. The van der Waals surface area contributed by atoms with Crippen molar-refractivity contribution in [3.63, 3.8) is 0 Å². The van der Waals surface area contributed by atoms with E-state index in [0.717, 1.165) is 26.7 Å². The van der Waals surface area contributed by atoms with Crippen LogP contribution >= 0.6 is 15.9 Å². The molecule has 2 rings (SSSR count). The molecule has 0 saturated heterocycles. The van der Waals surface area contributed by atoms with Crippen molar-refractivity contribution in [1.82, 2.24) is 10.2 Å². The van der Waals surface area contributed by atoms with Crippen LogP contribution in [-0.4, -0.2) is 35.9 Å². The predicted molar refractivity (Wildman–Crippen MR) is 119 cm³/mol. The van der Waals surface area contributed by atoms with Gasteiger partial charge in [-0.1, -0.05) is 45.8 Å². The van der Waals surface area contributed by atoms with Gasteiger partial charge in [-0.25, -0.2) is 0 Å². The first-order valence-electron chi connectivity index (χ1n) is 9.75. The number of amides is 2. The van der Waals surface area contributed by atoms with Crippen LogP contribution in [0.1, 0.15) is 36.1 Å². The Morgan fingerprint density at radius 3 is 2.24 bits per heavy atom. The van der Waals surface area contributed by atoms with Gasteiger partial charge in [-0.05, 0) is 63.4 Å². The van der Waals surface area contributed by atoms with E-state index in [1.807, 2.05) is 64.1 Å². The van der Waals surface area contributed by atoms with Crippen LogP contribution in [0.4, 0.5) is 0 Å².